The van der Waals surface area contributed by atoms with E-state index in [1.165, 1.54) is 23.1 Å². The van der Waals surface area contributed by atoms with Crippen LogP contribution in [-0.2, 0) is 22.6 Å². The summed E-state index contributed by atoms with van der Waals surface area (Å²) in [5.74, 6) is -1.47. The van der Waals surface area contributed by atoms with Gasteiger partial charge in [0.05, 0.1) is 6.42 Å². The Morgan fingerprint density at radius 1 is 1.07 bits per heavy atom. The topological polar surface area (TPSA) is 49.4 Å². The van der Waals surface area contributed by atoms with E-state index in [4.69, 9.17) is 0 Å². The Labute approximate surface area is 164 Å². The number of amides is 2. The Bertz CT molecular complexity index is 793. The molecule has 0 radical (unpaired) electrons. The number of halogens is 2. The highest BCUT2D eigenvalue weighted by Gasteiger charge is 2.26. The van der Waals surface area contributed by atoms with Crippen molar-refractivity contribution in [2.75, 3.05) is 6.54 Å². The first-order chi connectivity index (χ1) is 13.4. The fourth-order valence-corrected chi connectivity index (χ4v) is 2.81. The Morgan fingerprint density at radius 3 is 2.39 bits per heavy atom. The van der Waals surface area contributed by atoms with E-state index in [-0.39, 0.29) is 36.2 Å². The maximum absolute atomic E-state index is 14.0. The van der Waals surface area contributed by atoms with Gasteiger partial charge in [-0.05, 0) is 42.7 Å². The molecule has 0 aliphatic heterocycles. The Kier molecular flexibility index (Phi) is 8.11. The van der Waals surface area contributed by atoms with E-state index < -0.39 is 11.9 Å². The van der Waals surface area contributed by atoms with E-state index >= 15 is 0 Å². The van der Waals surface area contributed by atoms with E-state index in [0.717, 1.165) is 12.8 Å². The molecule has 150 valence electrons. The number of carbonyl (C=O) groups is 2. The van der Waals surface area contributed by atoms with Crippen LogP contribution in [0.1, 0.15) is 37.8 Å². The van der Waals surface area contributed by atoms with Crippen LogP contribution in [0.4, 0.5) is 8.78 Å². The van der Waals surface area contributed by atoms with Gasteiger partial charge in [-0.2, -0.15) is 0 Å². The minimum atomic E-state index is -0.735. The van der Waals surface area contributed by atoms with Gasteiger partial charge in [0.25, 0.3) is 0 Å². The SMILES string of the molecule is CCCCNC(=O)[C@@H](C)N(Cc1ccc(F)cc1)C(=O)Cc1ccccc1F. The monoisotopic (exact) mass is 388 g/mol. The standard InChI is InChI=1S/C22H26F2N2O2/c1-3-4-13-25-22(28)16(2)26(15-17-9-11-19(23)12-10-17)21(27)14-18-7-5-6-8-20(18)24/h5-12,16H,3-4,13-15H2,1-2H3,(H,25,28)/t16-/m1/s1. The molecule has 2 aromatic carbocycles. The molecule has 0 aliphatic carbocycles. The highest BCUT2D eigenvalue weighted by Crippen LogP contribution is 2.15. The third-order valence-electron chi connectivity index (χ3n) is 4.56. The summed E-state index contributed by atoms with van der Waals surface area (Å²) in [5, 5.41) is 2.82. The van der Waals surface area contributed by atoms with Crippen LogP contribution in [-0.4, -0.2) is 29.3 Å². The van der Waals surface area contributed by atoms with Crippen molar-refractivity contribution in [2.45, 2.75) is 45.7 Å². The zero-order chi connectivity index (χ0) is 20.5. The van der Waals surface area contributed by atoms with E-state index in [0.29, 0.717) is 12.1 Å². The molecule has 2 amide bonds. The average Bonchev–Trinajstić information content (AvgIpc) is 2.68. The van der Waals surface area contributed by atoms with Gasteiger partial charge >= 0.3 is 0 Å². The van der Waals surface area contributed by atoms with E-state index in [9.17, 15) is 18.4 Å². The quantitative estimate of drug-likeness (QED) is 0.664. The molecule has 4 nitrogen and oxygen atoms in total. The zero-order valence-corrected chi connectivity index (χ0v) is 16.3. The average molecular weight is 388 g/mol. The molecule has 0 saturated heterocycles. The first-order valence-electron chi connectivity index (χ1n) is 9.47. The molecule has 0 fully saturated rings. The maximum Gasteiger partial charge on any atom is 0.242 e. The summed E-state index contributed by atoms with van der Waals surface area (Å²) in [6, 6.07) is 11.1. The third kappa shape index (κ3) is 6.15. The van der Waals surface area contributed by atoms with Crippen LogP contribution in [0.2, 0.25) is 0 Å². The molecule has 0 aliphatic rings. The van der Waals surface area contributed by atoms with Gasteiger partial charge in [-0.25, -0.2) is 8.78 Å². The molecule has 0 bridgehead atoms. The lowest BCUT2D eigenvalue weighted by molar-refractivity contribution is -0.140. The highest BCUT2D eigenvalue weighted by molar-refractivity contribution is 5.88. The van der Waals surface area contributed by atoms with E-state index in [1.54, 1.807) is 37.3 Å². The van der Waals surface area contributed by atoms with Gasteiger partial charge in [0.15, 0.2) is 0 Å². The molecule has 2 aromatic rings. The Hall–Kier alpha value is -2.76. The summed E-state index contributed by atoms with van der Waals surface area (Å²) in [4.78, 5) is 26.8. The number of rotatable bonds is 9. The van der Waals surface area contributed by atoms with Crippen molar-refractivity contribution in [1.82, 2.24) is 10.2 Å². The molecule has 0 saturated carbocycles. The van der Waals surface area contributed by atoms with E-state index in [1.807, 2.05) is 6.92 Å². The Balaban J connectivity index is 2.18. The second-order valence-corrected chi connectivity index (χ2v) is 6.74. The molecule has 0 spiro atoms. The lowest BCUT2D eigenvalue weighted by atomic mass is 10.1. The number of benzene rings is 2. The van der Waals surface area contributed by atoms with Crippen molar-refractivity contribution in [3.63, 3.8) is 0 Å². The van der Waals surface area contributed by atoms with Crippen LogP contribution < -0.4 is 5.32 Å². The van der Waals surface area contributed by atoms with Gasteiger partial charge < -0.3 is 10.2 Å². The van der Waals surface area contributed by atoms with Crippen molar-refractivity contribution < 1.29 is 18.4 Å². The van der Waals surface area contributed by atoms with Gasteiger partial charge in [0.1, 0.15) is 17.7 Å². The van der Waals surface area contributed by atoms with Crippen molar-refractivity contribution >= 4 is 11.8 Å². The van der Waals surface area contributed by atoms with Crippen LogP contribution in [0, 0.1) is 11.6 Å². The first kappa shape index (κ1) is 21.5. The number of hydrogen-bond acceptors (Lipinski definition) is 2. The van der Waals surface area contributed by atoms with Gasteiger partial charge in [0, 0.05) is 13.1 Å². The number of hydrogen-bond donors (Lipinski definition) is 1. The van der Waals surface area contributed by atoms with Gasteiger partial charge in [-0.15, -0.1) is 0 Å². The summed E-state index contributed by atoms with van der Waals surface area (Å²) >= 11 is 0. The minimum Gasteiger partial charge on any atom is -0.354 e. The Morgan fingerprint density at radius 2 is 1.75 bits per heavy atom. The van der Waals surface area contributed by atoms with Crippen LogP contribution in [0.5, 0.6) is 0 Å². The first-order valence-corrected chi connectivity index (χ1v) is 9.47. The van der Waals surface area contributed by atoms with Crippen molar-refractivity contribution in [3.05, 3.63) is 71.3 Å². The zero-order valence-electron chi connectivity index (χ0n) is 16.3. The van der Waals surface area contributed by atoms with Crippen LogP contribution in [0.25, 0.3) is 0 Å². The fraction of sp³-hybridized carbons (Fsp3) is 0.364. The van der Waals surface area contributed by atoms with Crippen molar-refractivity contribution in [2.24, 2.45) is 0 Å². The summed E-state index contributed by atoms with van der Waals surface area (Å²) in [7, 11) is 0. The van der Waals surface area contributed by atoms with Crippen LogP contribution in [0.3, 0.4) is 0 Å². The molecule has 0 unspecified atom stereocenters. The minimum absolute atomic E-state index is 0.135. The largest absolute Gasteiger partial charge is 0.354 e. The lowest BCUT2D eigenvalue weighted by Crippen LogP contribution is -2.48. The smallest absolute Gasteiger partial charge is 0.242 e. The summed E-state index contributed by atoms with van der Waals surface area (Å²) in [5.41, 5.74) is 0.965. The fourth-order valence-electron chi connectivity index (χ4n) is 2.81. The number of unbranched alkanes of at least 4 members (excludes halogenated alkanes) is 1. The van der Waals surface area contributed by atoms with Crippen LogP contribution >= 0.6 is 0 Å². The van der Waals surface area contributed by atoms with Crippen molar-refractivity contribution in [3.8, 4) is 0 Å². The molecular formula is C22H26F2N2O2. The van der Waals surface area contributed by atoms with Gasteiger partial charge in [0.2, 0.25) is 11.8 Å². The van der Waals surface area contributed by atoms with E-state index in [2.05, 4.69) is 5.32 Å². The highest BCUT2D eigenvalue weighted by atomic mass is 19.1. The molecule has 0 aromatic heterocycles. The van der Waals surface area contributed by atoms with Crippen LogP contribution in [0.15, 0.2) is 48.5 Å². The van der Waals surface area contributed by atoms with Gasteiger partial charge in [-0.3, -0.25) is 9.59 Å². The number of carbonyl (C=O) groups excluding carboxylic acids is 2. The molecule has 1 N–H and O–H groups in total. The molecule has 6 heteroatoms. The third-order valence-corrected chi connectivity index (χ3v) is 4.56. The second kappa shape index (κ2) is 10.5. The second-order valence-electron chi connectivity index (χ2n) is 6.74. The summed E-state index contributed by atoms with van der Waals surface area (Å²) < 4.78 is 27.1. The predicted molar refractivity (Wildman–Crippen MR) is 104 cm³/mol. The normalized spacial score (nSPS) is 11.7. The molecule has 1 atom stereocenters. The predicted octanol–water partition coefficient (Wildman–Crippen LogP) is 3.84. The van der Waals surface area contributed by atoms with Gasteiger partial charge in [-0.1, -0.05) is 43.7 Å². The van der Waals surface area contributed by atoms with Crippen molar-refractivity contribution in [1.29, 1.82) is 0 Å². The summed E-state index contributed by atoms with van der Waals surface area (Å²) in [6.45, 7) is 4.33. The molecule has 2 rings (SSSR count). The molecule has 0 heterocycles. The maximum atomic E-state index is 14.0. The number of nitrogens with zero attached hydrogens (tertiary/aromatic N) is 1. The molecule has 28 heavy (non-hydrogen) atoms. The summed E-state index contributed by atoms with van der Waals surface area (Å²) in [6.07, 6.45) is 1.64. The lowest BCUT2D eigenvalue weighted by Gasteiger charge is -2.29. The number of nitrogens with one attached hydrogen (secondary N) is 1. The molecular weight excluding hydrogens is 362 g/mol.